The van der Waals surface area contributed by atoms with E-state index in [0.717, 1.165) is 74.1 Å². The fourth-order valence-corrected chi connectivity index (χ4v) is 10.3. The Morgan fingerprint density at radius 3 is 1.86 bits per heavy atom. The zero-order valence-corrected chi connectivity index (χ0v) is 41.7. The molecule has 0 atom stereocenters. The highest BCUT2D eigenvalue weighted by Gasteiger charge is 2.27. The molecule has 0 fully saturated rings. The highest BCUT2D eigenvalue weighted by molar-refractivity contribution is 7.86. The van der Waals surface area contributed by atoms with Crippen LogP contribution in [0.2, 0.25) is 0 Å². The summed E-state index contributed by atoms with van der Waals surface area (Å²) in [4.78, 5) is 39.4. The van der Waals surface area contributed by atoms with Gasteiger partial charge in [0.15, 0.2) is 0 Å². The zero-order valence-electron chi connectivity index (χ0n) is 40.1. The van der Waals surface area contributed by atoms with Crippen LogP contribution in [0, 0.1) is 41.5 Å². The van der Waals surface area contributed by atoms with E-state index in [1.807, 2.05) is 33.8 Å². The van der Waals surface area contributed by atoms with E-state index in [-0.39, 0.29) is 39.8 Å². The maximum atomic E-state index is 13.3. The van der Waals surface area contributed by atoms with Crippen molar-refractivity contribution in [1.82, 2.24) is 5.32 Å². The Hall–Kier alpha value is -6.80. The van der Waals surface area contributed by atoms with Gasteiger partial charge in [0.2, 0.25) is 0 Å². The molecule has 0 bridgehead atoms. The molecule has 19 heteroatoms. The first-order chi connectivity index (χ1) is 33.0. The number of hydrogen-bond donors (Lipinski definition) is 8. The molecule has 1 heterocycles. The average Bonchev–Trinajstić information content (AvgIpc) is 3.27. The van der Waals surface area contributed by atoms with Gasteiger partial charge in [0.05, 0.1) is 22.4 Å². The molecule has 372 valence electrons. The van der Waals surface area contributed by atoms with Gasteiger partial charge in [-0.15, -0.1) is 0 Å². The van der Waals surface area contributed by atoms with Gasteiger partial charge in [0.1, 0.15) is 21.1 Å². The number of nitrogens with one attached hydrogen (secondary N) is 4. The van der Waals surface area contributed by atoms with Crippen molar-refractivity contribution in [2.24, 2.45) is 10.7 Å². The summed E-state index contributed by atoms with van der Waals surface area (Å²) < 4.78 is 80.0. The molecule has 4 amide bonds. The van der Waals surface area contributed by atoms with E-state index < -0.39 is 48.1 Å². The SMILES string of the molecule is Cc1cc(C)c(NC(=O)NCCCCCCCCCCCC(=O)O)c(C)c1/N=c1/cc2oc3cc(Nc4c(C)cc(C)c(NC(N)=O)c4C)ccc3c(-c3ccccc3S(=O)(=O)O)c-2cc1S(=O)(=O)O. The number of aliphatic carboxylic acids is 1. The molecule has 17 nitrogen and oxygen atoms in total. The third-order valence-corrected chi connectivity index (χ3v) is 14.1. The van der Waals surface area contributed by atoms with Crippen molar-refractivity contribution < 1.29 is 49.8 Å². The third-order valence-electron chi connectivity index (χ3n) is 12.3. The number of carboxylic acids is 1. The second kappa shape index (κ2) is 22.3. The molecule has 0 saturated heterocycles. The number of carboxylic acid groups (broad SMARTS) is 1. The Morgan fingerprint density at radius 1 is 0.643 bits per heavy atom. The number of nitrogens with zero attached hydrogens (tertiary/aromatic N) is 1. The van der Waals surface area contributed by atoms with Crippen LogP contribution in [0.15, 0.2) is 85.9 Å². The number of amides is 4. The van der Waals surface area contributed by atoms with Gasteiger partial charge in [-0.2, -0.15) is 16.8 Å². The van der Waals surface area contributed by atoms with Gasteiger partial charge in [-0.05, 0) is 112 Å². The van der Waals surface area contributed by atoms with E-state index >= 15 is 0 Å². The van der Waals surface area contributed by atoms with Gasteiger partial charge in [-0.25, -0.2) is 14.6 Å². The highest BCUT2D eigenvalue weighted by atomic mass is 32.2. The molecule has 0 radical (unpaired) electrons. The number of aryl methyl sites for hydroxylation is 4. The van der Waals surface area contributed by atoms with Gasteiger partial charge in [0.25, 0.3) is 20.2 Å². The Labute approximate surface area is 407 Å². The Morgan fingerprint density at radius 2 is 1.23 bits per heavy atom. The third kappa shape index (κ3) is 12.7. The molecule has 0 spiro atoms. The van der Waals surface area contributed by atoms with Crippen LogP contribution in [-0.4, -0.2) is 55.6 Å². The second-order valence-corrected chi connectivity index (χ2v) is 20.4. The lowest BCUT2D eigenvalue weighted by Gasteiger charge is -2.20. The molecule has 2 aliphatic rings. The van der Waals surface area contributed by atoms with Crippen LogP contribution >= 0.6 is 0 Å². The number of benzene rings is 5. The number of carbonyl (C=O) groups excluding carboxylic acids is 2. The summed E-state index contributed by atoms with van der Waals surface area (Å²) in [5, 5.41) is 20.8. The van der Waals surface area contributed by atoms with Crippen molar-refractivity contribution >= 4 is 77.7 Å². The second-order valence-electron chi connectivity index (χ2n) is 17.6. The number of hydrogen-bond acceptors (Lipinski definition) is 10. The number of unbranched alkanes of at least 4 members (excludes halogenated alkanes) is 8. The molecular weight excluding hydrogens is 937 g/mol. The molecule has 0 saturated carbocycles. The molecule has 0 unspecified atom stereocenters. The smallest absolute Gasteiger partial charge is 0.319 e. The van der Waals surface area contributed by atoms with E-state index in [0.29, 0.717) is 63.5 Å². The van der Waals surface area contributed by atoms with Crippen molar-refractivity contribution in [2.75, 3.05) is 22.5 Å². The number of anilines is 4. The fourth-order valence-electron chi connectivity index (χ4n) is 8.96. The zero-order chi connectivity index (χ0) is 51.1. The molecule has 1 aliphatic heterocycles. The van der Waals surface area contributed by atoms with E-state index in [9.17, 15) is 40.3 Å². The number of rotatable bonds is 20. The number of nitrogens with two attached hydrogens (primary N) is 1. The lowest BCUT2D eigenvalue weighted by molar-refractivity contribution is -0.137. The topological polar surface area (TPSA) is 280 Å². The van der Waals surface area contributed by atoms with Crippen LogP contribution in [0.3, 0.4) is 0 Å². The molecule has 1 aliphatic carbocycles. The highest BCUT2D eigenvalue weighted by Crippen LogP contribution is 2.44. The summed E-state index contributed by atoms with van der Waals surface area (Å²) in [6.07, 6.45) is 8.82. The minimum absolute atomic E-state index is 0.0207. The Balaban J connectivity index is 1.38. The van der Waals surface area contributed by atoms with Gasteiger partial charge >= 0.3 is 18.0 Å². The van der Waals surface area contributed by atoms with Crippen LogP contribution < -0.4 is 32.4 Å². The summed E-state index contributed by atoms with van der Waals surface area (Å²) in [5.74, 6) is -0.718. The van der Waals surface area contributed by atoms with Gasteiger partial charge in [-0.1, -0.05) is 75.3 Å². The quantitative estimate of drug-likeness (QED) is 0.0201. The van der Waals surface area contributed by atoms with Gasteiger partial charge < -0.3 is 36.5 Å². The predicted octanol–water partition coefficient (Wildman–Crippen LogP) is 11.1. The first kappa shape index (κ1) is 52.6. The summed E-state index contributed by atoms with van der Waals surface area (Å²) in [7, 11) is -9.87. The molecule has 6 rings (SSSR count). The summed E-state index contributed by atoms with van der Waals surface area (Å²) in [6, 6.07) is 15.7. The van der Waals surface area contributed by atoms with Crippen LogP contribution in [0.4, 0.5) is 38.0 Å². The van der Waals surface area contributed by atoms with Crippen molar-refractivity contribution in [3.05, 3.63) is 105 Å². The molecule has 4 aromatic carbocycles. The van der Waals surface area contributed by atoms with Crippen LogP contribution in [-0.2, 0) is 25.0 Å². The van der Waals surface area contributed by atoms with E-state index in [1.165, 1.54) is 24.3 Å². The molecular formula is C51H60N6O11S2. The normalized spacial score (nSPS) is 12.1. The lowest BCUT2D eigenvalue weighted by atomic mass is 9.93. The number of fused-ring (bicyclic) bond motifs is 2. The Kier molecular flexibility index (Phi) is 16.8. The minimum Gasteiger partial charge on any atom is -0.481 e. The Bertz CT molecular complexity index is 3260. The minimum atomic E-state index is -5.04. The summed E-state index contributed by atoms with van der Waals surface area (Å²) in [5.41, 5.74) is 12.7. The van der Waals surface area contributed by atoms with Crippen LogP contribution in [0.25, 0.3) is 33.4 Å². The van der Waals surface area contributed by atoms with Crippen LogP contribution in [0.5, 0.6) is 0 Å². The van der Waals surface area contributed by atoms with Crippen LogP contribution in [0.1, 0.15) is 97.6 Å². The fraction of sp³-hybridized carbons (Fsp3) is 0.333. The molecule has 4 aromatic rings. The van der Waals surface area contributed by atoms with Crippen molar-refractivity contribution in [1.29, 1.82) is 0 Å². The molecule has 0 aromatic heterocycles. The number of primary amides is 1. The largest absolute Gasteiger partial charge is 0.481 e. The predicted molar refractivity (Wildman–Crippen MR) is 272 cm³/mol. The maximum absolute atomic E-state index is 13.3. The van der Waals surface area contributed by atoms with Gasteiger partial charge in [0, 0.05) is 58.5 Å². The number of urea groups is 2. The maximum Gasteiger partial charge on any atom is 0.319 e. The molecule has 70 heavy (non-hydrogen) atoms. The monoisotopic (exact) mass is 996 g/mol. The number of carbonyl (C=O) groups is 3. The first-order valence-electron chi connectivity index (χ1n) is 23.0. The average molecular weight is 997 g/mol. The lowest BCUT2D eigenvalue weighted by Crippen LogP contribution is -2.30. The first-order valence-corrected chi connectivity index (χ1v) is 25.9. The van der Waals surface area contributed by atoms with E-state index in [1.54, 1.807) is 44.2 Å². The standard InChI is InChI=1S/C51H60N6O11S2/c1-29-24-31(3)48(56-50(52)60)33(5)46(29)54-35-21-22-36-40(26-35)68-41-28-39(43(70(65,66)67)27-38(41)45(36)37-18-15-16-19-42(37)69(62,63)64)55-47-30(2)25-32(4)49(34(47)6)57-51(61)53-23-17-13-11-9-7-8-10-12-14-20-44(58)59/h15-16,18-19,21-22,24-28,54H,7-14,17,20,23H2,1-6H3,(H,58,59)(H3,52,56,60)(H2,53,57,61)(H,62,63,64)(H,65,66,67)/b55-39-. The summed E-state index contributed by atoms with van der Waals surface area (Å²) in [6.45, 7) is 11.3. The van der Waals surface area contributed by atoms with Crippen molar-refractivity contribution in [3.63, 3.8) is 0 Å². The van der Waals surface area contributed by atoms with Gasteiger partial charge in [-0.3, -0.25) is 13.9 Å². The van der Waals surface area contributed by atoms with Crippen molar-refractivity contribution in [3.8, 4) is 22.5 Å². The van der Waals surface area contributed by atoms with E-state index in [2.05, 4.69) is 21.3 Å². The molecule has 9 N–H and O–H groups in total. The van der Waals surface area contributed by atoms with E-state index in [4.69, 9.17) is 20.2 Å². The van der Waals surface area contributed by atoms with Crippen molar-refractivity contribution in [2.45, 2.75) is 116 Å². The summed E-state index contributed by atoms with van der Waals surface area (Å²) >= 11 is 0.